The number of H-pyrrole nitrogens is 1. The molecular formula is C20H26N3O9P. The molecular weight excluding hydrogens is 457 g/mol. The first-order valence-electron chi connectivity index (χ1n) is 10.3. The molecule has 0 spiro atoms. The number of ether oxygens (including phenoxy) is 1. The number of rotatable bonds is 9. The number of aliphatic hydroxyl groups is 2. The number of anilines is 1. The van der Waals surface area contributed by atoms with Gasteiger partial charge in [-0.15, -0.1) is 0 Å². The third-order valence-corrected chi connectivity index (χ3v) is 6.93. The molecule has 1 aromatic heterocycles. The predicted molar refractivity (Wildman–Crippen MR) is 117 cm³/mol. The van der Waals surface area contributed by atoms with Gasteiger partial charge in [0.05, 0.1) is 19.4 Å². The van der Waals surface area contributed by atoms with E-state index in [1.54, 1.807) is 38.1 Å². The molecule has 1 fully saturated rings. The van der Waals surface area contributed by atoms with Crippen molar-refractivity contribution in [2.45, 2.75) is 44.5 Å². The third kappa shape index (κ3) is 5.85. The Balaban J connectivity index is 1.68. The summed E-state index contributed by atoms with van der Waals surface area (Å²) in [6.45, 7) is 3.93. The lowest BCUT2D eigenvalue weighted by atomic mass is 10.1. The van der Waals surface area contributed by atoms with Crippen molar-refractivity contribution in [3.63, 3.8) is 0 Å². The number of carbonyl (C=O) groups is 1. The van der Waals surface area contributed by atoms with Crippen molar-refractivity contribution in [3.05, 3.63) is 62.9 Å². The number of nitrogens with one attached hydrogen (secondary N) is 2. The quantitative estimate of drug-likeness (QED) is 0.372. The third-order valence-electron chi connectivity index (χ3n) is 4.87. The van der Waals surface area contributed by atoms with Crippen molar-refractivity contribution in [3.8, 4) is 0 Å². The zero-order chi connectivity index (χ0) is 24.2. The highest BCUT2D eigenvalue weighted by Gasteiger charge is 2.47. The lowest BCUT2D eigenvalue weighted by Gasteiger charge is -2.17. The fourth-order valence-corrected chi connectivity index (χ4v) is 5.09. The second-order valence-electron chi connectivity index (χ2n) is 7.24. The average Bonchev–Trinajstić information content (AvgIpc) is 3.04. The van der Waals surface area contributed by atoms with Gasteiger partial charge in [0.1, 0.15) is 12.2 Å². The van der Waals surface area contributed by atoms with Crippen molar-refractivity contribution in [1.29, 1.82) is 0 Å². The second-order valence-corrected chi connectivity index (χ2v) is 9.29. The molecule has 1 amide bonds. The van der Waals surface area contributed by atoms with Crippen molar-refractivity contribution >= 4 is 19.2 Å². The van der Waals surface area contributed by atoms with Crippen LogP contribution in [0.1, 0.15) is 25.6 Å². The van der Waals surface area contributed by atoms with Crippen LogP contribution in [0.25, 0.3) is 0 Å². The second kappa shape index (κ2) is 10.6. The molecule has 0 unspecified atom stereocenters. The summed E-state index contributed by atoms with van der Waals surface area (Å²) in [6.07, 6.45) is -4.87. The minimum absolute atomic E-state index is 0.0646. The van der Waals surface area contributed by atoms with Crippen LogP contribution in [0.3, 0.4) is 0 Å². The minimum atomic E-state index is -3.28. The Morgan fingerprint density at radius 2 is 1.76 bits per heavy atom. The molecule has 3 rings (SSSR count). The van der Waals surface area contributed by atoms with E-state index in [2.05, 4.69) is 5.32 Å². The van der Waals surface area contributed by atoms with Gasteiger partial charge in [-0.1, -0.05) is 12.1 Å². The van der Waals surface area contributed by atoms with Crippen molar-refractivity contribution in [2.24, 2.45) is 0 Å². The SMILES string of the molecule is CCOP(=O)(Cc1ccc(NC(=O)[C@H]2O[C@@H](n3ccc(=O)[nH]c3=O)[C@@H](O)[C@H]2O)cc1)OCC. The summed E-state index contributed by atoms with van der Waals surface area (Å²) >= 11 is 0. The van der Waals surface area contributed by atoms with E-state index >= 15 is 0 Å². The summed E-state index contributed by atoms with van der Waals surface area (Å²) in [6, 6.07) is 7.47. The summed E-state index contributed by atoms with van der Waals surface area (Å²) in [7, 11) is -3.28. The molecule has 33 heavy (non-hydrogen) atoms. The van der Waals surface area contributed by atoms with Gasteiger partial charge < -0.3 is 29.3 Å². The Hall–Kier alpha value is -2.60. The zero-order valence-electron chi connectivity index (χ0n) is 18.0. The maximum atomic E-state index is 12.7. The molecule has 0 saturated carbocycles. The molecule has 180 valence electrons. The molecule has 2 heterocycles. The average molecular weight is 483 g/mol. The maximum Gasteiger partial charge on any atom is 0.335 e. The summed E-state index contributed by atoms with van der Waals surface area (Å²) in [5.41, 5.74) is -0.461. The summed E-state index contributed by atoms with van der Waals surface area (Å²) in [4.78, 5) is 37.8. The molecule has 1 aliphatic rings. The van der Waals surface area contributed by atoms with Gasteiger partial charge in [-0.3, -0.25) is 23.7 Å². The smallest absolute Gasteiger partial charge is 0.335 e. The van der Waals surface area contributed by atoms with Crippen molar-refractivity contribution < 1.29 is 33.4 Å². The van der Waals surface area contributed by atoms with Crippen LogP contribution in [0.2, 0.25) is 0 Å². The normalized spacial score (nSPS) is 22.9. The minimum Gasteiger partial charge on any atom is -0.387 e. The number of aliphatic hydroxyl groups excluding tert-OH is 2. The molecule has 0 bridgehead atoms. The van der Waals surface area contributed by atoms with E-state index in [-0.39, 0.29) is 19.4 Å². The first kappa shape index (κ1) is 25.0. The Morgan fingerprint density at radius 1 is 1.12 bits per heavy atom. The largest absolute Gasteiger partial charge is 0.387 e. The van der Waals surface area contributed by atoms with Crippen LogP contribution in [0, 0.1) is 0 Å². The summed E-state index contributed by atoms with van der Waals surface area (Å²) in [5, 5.41) is 23.1. The molecule has 12 nitrogen and oxygen atoms in total. The van der Waals surface area contributed by atoms with Crippen LogP contribution < -0.4 is 16.6 Å². The Bertz CT molecular complexity index is 1120. The Morgan fingerprint density at radius 3 is 2.33 bits per heavy atom. The van der Waals surface area contributed by atoms with Crippen LogP contribution in [0.15, 0.2) is 46.1 Å². The fourth-order valence-electron chi connectivity index (χ4n) is 3.39. The van der Waals surface area contributed by atoms with Crippen LogP contribution in [0.4, 0.5) is 5.69 Å². The number of aromatic nitrogens is 2. The molecule has 1 aliphatic heterocycles. The molecule has 2 aromatic rings. The van der Waals surface area contributed by atoms with E-state index in [1.807, 2.05) is 4.98 Å². The first-order chi connectivity index (χ1) is 15.7. The van der Waals surface area contributed by atoms with Gasteiger partial charge >= 0.3 is 13.3 Å². The molecule has 1 saturated heterocycles. The zero-order valence-corrected chi connectivity index (χ0v) is 18.9. The monoisotopic (exact) mass is 483 g/mol. The van der Waals surface area contributed by atoms with Gasteiger partial charge in [-0.05, 0) is 31.5 Å². The summed E-state index contributed by atoms with van der Waals surface area (Å²) < 4.78 is 29.5. The Kier molecular flexibility index (Phi) is 8.01. The number of hydrogen-bond donors (Lipinski definition) is 4. The molecule has 0 aliphatic carbocycles. The van der Waals surface area contributed by atoms with Gasteiger partial charge in [-0.25, -0.2) is 4.79 Å². The maximum absolute atomic E-state index is 12.7. The molecule has 0 radical (unpaired) electrons. The van der Waals surface area contributed by atoms with Gasteiger partial charge in [0.25, 0.3) is 11.5 Å². The number of amides is 1. The number of aromatic amines is 1. The highest BCUT2D eigenvalue weighted by molar-refractivity contribution is 7.53. The number of benzene rings is 1. The lowest BCUT2D eigenvalue weighted by Crippen LogP contribution is -2.39. The molecule has 1 aromatic carbocycles. The lowest BCUT2D eigenvalue weighted by molar-refractivity contribution is -0.132. The van der Waals surface area contributed by atoms with E-state index in [1.165, 1.54) is 0 Å². The van der Waals surface area contributed by atoms with Crippen molar-refractivity contribution in [1.82, 2.24) is 9.55 Å². The van der Waals surface area contributed by atoms with E-state index < -0.39 is 49.3 Å². The van der Waals surface area contributed by atoms with Crippen molar-refractivity contribution in [2.75, 3.05) is 18.5 Å². The number of carbonyl (C=O) groups excluding carboxylic acids is 1. The van der Waals surface area contributed by atoms with E-state index in [0.29, 0.717) is 11.3 Å². The van der Waals surface area contributed by atoms with Gasteiger partial charge in [0.2, 0.25) is 0 Å². The first-order valence-corrected chi connectivity index (χ1v) is 12.0. The highest BCUT2D eigenvalue weighted by atomic mass is 31.2. The van der Waals surface area contributed by atoms with Gasteiger partial charge in [0.15, 0.2) is 12.3 Å². The number of nitrogens with zero attached hydrogens (tertiary/aromatic N) is 1. The summed E-state index contributed by atoms with van der Waals surface area (Å²) in [5.74, 6) is -0.747. The van der Waals surface area contributed by atoms with Gasteiger partial charge in [-0.2, -0.15) is 0 Å². The standard InChI is InChI=1S/C20H26N3O9P/c1-3-30-33(29,31-4-2)11-12-5-7-13(8-6-12)21-18(27)17-15(25)16(26)19(32-17)23-10-9-14(24)22-20(23)28/h5-10,15-17,19,25-26H,3-4,11H2,1-2H3,(H,21,27)(H,22,24,28)/t15-,16+,17+,19-/m1/s1. The van der Waals surface area contributed by atoms with Crippen LogP contribution >= 0.6 is 7.60 Å². The van der Waals surface area contributed by atoms with E-state index in [0.717, 1.165) is 16.8 Å². The van der Waals surface area contributed by atoms with Crippen LogP contribution in [-0.2, 0) is 29.3 Å². The fraction of sp³-hybridized carbons (Fsp3) is 0.450. The highest BCUT2D eigenvalue weighted by Crippen LogP contribution is 2.51. The van der Waals surface area contributed by atoms with Crippen LogP contribution in [-0.4, -0.2) is 57.2 Å². The predicted octanol–water partition coefficient (Wildman–Crippen LogP) is 0.561. The topological polar surface area (TPSA) is 169 Å². The number of hydrogen-bond acceptors (Lipinski definition) is 9. The van der Waals surface area contributed by atoms with Gasteiger partial charge in [0, 0.05) is 18.0 Å². The Labute approximate surface area is 188 Å². The molecule has 4 N–H and O–H groups in total. The van der Waals surface area contributed by atoms with E-state index in [9.17, 15) is 29.2 Å². The van der Waals surface area contributed by atoms with Crippen LogP contribution in [0.5, 0.6) is 0 Å². The molecule has 13 heteroatoms. The molecule has 4 atom stereocenters. The van der Waals surface area contributed by atoms with E-state index in [4.69, 9.17) is 13.8 Å².